The number of oxazole rings is 1. The second-order valence-electron chi connectivity index (χ2n) is 5.82. The van der Waals surface area contributed by atoms with E-state index in [0.29, 0.717) is 5.88 Å². The van der Waals surface area contributed by atoms with Crippen LogP contribution in [0.3, 0.4) is 0 Å². The van der Waals surface area contributed by atoms with Gasteiger partial charge in [0.1, 0.15) is 12.0 Å². The third-order valence-corrected chi connectivity index (χ3v) is 3.51. The zero-order valence-corrected chi connectivity index (χ0v) is 14.5. The first-order valence-electron chi connectivity index (χ1n) is 8.07. The lowest BCUT2D eigenvalue weighted by Crippen LogP contribution is -2.01. The third-order valence-electron chi connectivity index (χ3n) is 3.51. The molecule has 0 bridgehead atoms. The van der Waals surface area contributed by atoms with Gasteiger partial charge in [-0.25, -0.2) is 9.67 Å². The highest BCUT2D eigenvalue weighted by Crippen LogP contribution is 2.22. The van der Waals surface area contributed by atoms with Gasteiger partial charge in [-0.1, -0.05) is 32.0 Å². The summed E-state index contributed by atoms with van der Waals surface area (Å²) in [4.78, 5) is 4.44. The summed E-state index contributed by atoms with van der Waals surface area (Å²) in [6.07, 6.45) is 7.32. The highest BCUT2D eigenvalue weighted by molar-refractivity contribution is 5.70. The van der Waals surface area contributed by atoms with Gasteiger partial charge in [0.25, 0.3) is 0 Å². The third kappa shape index (κ3) is 4.16. The number of ether oxygens (including phenoxy) is 2. The molecule has 3 rings (SSSR count). The van der Waals surface area contributed by atoms with Crippen LogP contribution >= 0.6 is 0 Å². The second kappa shape index (κ2) is 7.81. The molecule has 0 unspecified atom stereocenters. The summed E-state index contributed by atoms with van der Waals surface area (Å²) in [5.74, 6) is 1.47. The van der Waals surface area contributed by atoms with Crippen molar-refractivity contribution in [1.82, 2.24) is 14.8 Å². The molecule has 0 N–H and O–H groups in total. The van der Waals surface area contributed by atoms with Gasteiger partial charge < -0.3 is 13.9 Å². The van der Waals surface area contributed by atoms with Crippen molar-refractivity contribution in [2.24, 2.45) is 0 Å². The van der Waals surface area contributed by atoms with E-state index in [1.807, 2.05) is 62.5 Å². The predicted molar refractivity (Wildman–Crippen MR) is 95.6 cm³/mol. The van der Waals surface area contributed by atoms with Crippen LogP contribution < -0.4 is 4.74 Å². The zero-order chi connectivity index (χ0) is 17.6. The van der Waals surface area contributed by atoms with Crippen LogP contribution in [0.5, 0.6) is 5.88 Å². The number of hydrogen-bond acceptors (Lipinski definition) is 5. The van der Waals surface area contributed by atoms with E-state index in [4.69, 9.17) is 13.9 Å². The molecule has 0 aliphatic heterocycles. The molecule has 130 valence electrons. The van der Waals surface area contributed by atoms with Gasteiger partial charge in [0.2, 0.25) is 5.88 Å². The van der Waals surface area contributed by atoms with Crippen LogP contribution in [-0.2, 0) is 4.74 Å². The molecule has 0 radical (unpaired) electrons. The number of para-hydroxylation sites is 1. The highest BCUT2D eigenvalue weighted by atomic mass is 16.7. The van der Waals surface area contributed by atoms with E-state index < -0.39 is 0 Å². The normalized spacial score (nSPS) is 11.5. The van der Waals surface area contributed by atoms with Crippen molar-refractivity contribution in [3.8, 4) is 11.6 Å². The average molecular weight is 339 g/mol. The van der Waals surface area contributed by atoms with Gasteiger partial charge in [0, 0.05) is 19.2 Å². The monoisotopic (exact) mass is 339 g/mol. The fourth-order valence-corrected chi connectivity index (χ4v) is 2.24. The molecular formula is C19H21N3O3. The first kappa shape index (κ1) is 17.0. The number of hydrogen-bond donors (Lipinski definition) is 0. The van der Waals surface area contributed by atoms with Gasteiger partial charge in [-0.05, 0) is 24.3 Å². The maximum absolute atomic E-state index is 5.57. The number of methoxy groups -OCH3 is 1. The van der Waals surface area contributed by atoms with Crippen LogP contribution in [0.25, 0.3) is 17.8 Å². The largest absolute Gasteiger partial charge is 0.449 e. The maximum Gasteiger partial charge on any atom is 0.242 e. The molecule has 0 saturated heterocycles. The first-order chi connectivity index (χ1) is 12.2. The minimum absolute atomic E-state index is 0.133. The predicted octanol–water partition coefficient (Wildman–Crippen LogP) is 4.14. The molecule has 2 aromatic heterocycles. The Bertz CT molecular complexity index is 835. The summed E-state index contributed by atoms with van der Waals surface area (Å²) in [6, 6.07) is 9.85. The Morgan fingerprint density at radius 3 is 2.68 bits per heavy atom. The van der Waals surface area contributed by atoms with Gasteiger partial charge in [0.05, 0.1) is 11.3 Å². The van der Waals surface area contributed by atoms with Crippen molar-refractivity contribution in [1.29, 1.82) is 0 Å². The molecule has 0 aliphatic rings. The average Bonchev–Trinajstić information content (AvgIpc) is 3.26. The van der Waals surface area contributed by atoms with Crippen molar-refractivity contribution in [2.45, 2.75) is 19.8 Å². The Balaban J connectivity index is 1.87. The molecule has 6 heteroatoms. The Kier molecular flexibility index (Phi) is 5.30. The Hall–Kier alpha value is -2.86. The Morgan fingerprint density at radius 1 is 1.20 bits per heavy atom. The van der Waals surface area contributed by atoms with E-state index in [1.165, 1.54) is 0 Å². The summed E-state index contributed by atoms with van der Waals surface area (Å²) in [5, 5.41) is 4.48. The van der Waals surface area contributed by atoms with Crippen LogP contribution in [0.2, 0.25) is 0 Å². The first-order valence-corrected chi connectivity index (χ1v) is 8.07. The fraction of sp³-hybridized carbons (Fsp3) is 0.263. The number of aromatic nitrogens is 3. The van der Waals surface area contributed by atoms with Crippen LogP contribution in [0, 0.1) is 0 Å². The molecule has 0 aliphatic carbocycles. The minimum Gasteiger partial charge on any atom is -0.449 e. The molecule has 25 heavy (non-hydrogen) atoms. The molecule has 0 saturated carbocycles. The topological polar surface area (TPSA) is 62.3 Å². The number of benzene rings is 1. The fourth-order valence-electron chi connectivity index (χ4n) is 2.24. The molecule has 0 spiro atoms. The lowest BCUT2D eigenvalue weighted by molar-refractivity contribution is 0.0474. The Morgan fingerprint density at radius 2 is 2.00 bits per heavy atom. The molecule has 2 heterocycles. The summed E-state index contributed by atoms with van der Waals surface area (Å²) in [7, 11) is 1.58. The summed E-state index contributed by atoms with van der Waals surface area (Å²) in [6.45, 7) is 4.22. The van der Waals surface area contributed by atoms with Crippen LogP contribution in [0.4, 0.5) is 0 Å². The summed E-state index contributed by atoms with van der Waals surface area (Å²) in [5.41, 5.74) is 2.54. The molecule has 6 nitrogen and oxygen atoms in total. The van der Waals surface area contributed by atoms with Crippen molar-refractivity contribution in [2.75, 3.05) is 13.9 Å². The number of nitrogens with zero attached hydrogens (tertiary/aromatic N) is 3. The standard InChI is InChI=1S/C19H21N3O3/c1-14(2)18-20-16(12-24-18)10-9-15-11-22(17-7-5-4-6-8-17)21-19(15)25-13-23-3/h4-12,14H,13H2,1-3H3. The van der Waals surface area contributed by atoms with E-state index in [0.717, 1.165) is 22.8 Å². The maximum atomic E-state index is 5.57. The van der Waals surface area contributed by atoms with E-state index in [2.05, 4.69) is 10.1 Å². The van der Waals surface area contributed by atoms with E-state index >= 15 is 0 Å². The molecular weight excluding hydrogens is 318 g/mol. The SMILES string of the molecule is COCOc1nn(-c2ccccc2)cc1C=Cc1coc(C(C)C)n1. The molecule has 1 aromatic carbocycles. The van der Waals surface area contributed by atoms with Gasteiger partial charge in [-0.2, -0.15) is 0 Å². The van der Waals surface area contributed by atoms with Crippen LogP contribution in [-0.4, -0.2) is 28.7 Å². The van der Waals surface area contributed by atoms with E-state index in [9.17, 15) is 0 Å². The van der Waals surface area contributed by atoms with Gasteiger partial charge in [-0.3, -0.25) is 0 Å². The summed E-state index contributed by atoms with van der Waals surface area (Å²) >= 11 is 0. The van der Waals surface area contributed by atoms with Crippen molar-refractivity contribution < 1.29 is 13.9 Å². The van der Waals surface area contributed by atoms with Crippen molar-refractivity contribution in [3.05, 3.63) is 59.9 Å². The smallest absolute Gasteiger partial charge is 0.242 e. The van der Waals surface area contributed by atoms with Crippen LogP contribution in [0.15, 0.2) is 47.2 Å². The molecule has 0 amide bonds. The van der Waals surface area contributed by atoms with E-state index in [-0.39, 0.29) is 12.7 Å². The lowest BCUT2D eigenvalue weighted by atomic mass is 10.2. The van der Waals surface area contributed by atoms with Crippen molar-refractivity contribution >= 4 is 12.2 Å². The quantitative estimate of drug-likeness (QED) is 0.606. The van der Waals surface area contributed by atoms with Gasteiger partial charge in [-0.15, -0.1) is 5.10 Å². The summed E-state index contributed by atoms with van der Waals surface area (Å²) < 4.78 is 17.8. The molecule has 0 fully saturated rings. The van der Waals surface area contributed by atoms with Crippen LogP contribution in [0.1, 0.15) is 36.9 Å². The minimum atomic E-state index is 0.133. The molecule has 3 aromatic rings. The Labute approximate surface area is 146 Å². The highest BCUT2D eigenvalue weighted by Gasteiger charge is 2.10. The van der Waals surface area contributed by atoms with Crippen molar-refractivity contribution in [3.63, 3.8) is 0 Å². The second-order valence-corrected chi connectivity index (χ2v) is 5.82. The van der Waals surface area contributed by atoms with Gasteiger partial charge in [0.15, 0.2) is 12.7 Å². The van der Waals surface area contributed by atoms with E-state index in [1.54, 1.807) is 18.1 Å². The number of rotatable bonds is 7. The molecule has 0 atom stereocenters. The lowest BCUT2D eigenvalue weighted by Gasteiger charge is -2.01. The van der Waals surface area contributed by atoms with Gasteiger partial charge >= 0.3 is 0 Å². The zero-order valence-electron chi connectivity index (χ0n) is 14.5.